The second-order valence-electron chi connectivity index (χ2n) is 5.59. The van der Waals surface area contributed by atoms with Gasteiger partial charge in [0, 0.05) is 33.0 Å². The Labute approximate surface area is 139 Å². The molecule has 0 aliphatic carbocycles. The number of methoxy groups -OCH3 is 1. The third-order valence-corrected chi connectivity index (χ3v) is 4.37. The molecule has 130 valence electrons. The van der Waals surface area contributed by atoms with Gasteiger partial charge in [-0.3, -0.25) is 4.99 Å². The topological polar surface area (TPSA) is 79.8 Å². The fraction of sp³-hybridized carbons (Fsp3) is 0.562. The fourth-order valence-electron chi connectivity index (χ4n) is 2.10. The summed E-state index contributed by atoms with van der Waals surface area (Å²) in [7, 11) is 0.426. The molecule has 7 heteroatoms. The van der Waals surface area contributed by atoms with Crippen LogP contribution in [0.3, 0.4) is 0 Å². The van der Waals surface area contributed by atoms with Gasteiger partial charge < -0.3 is 15.4 Å². The molecule has 2 N–H and O–H groups in total. The minimum absolute atomic E-state index is 0.0187. The highest BCUT2D eigenvalue weighted by molar-refractivity contribution is 7.90. The molecule has 0 saturated heterocycles. The summed E-state index contributed by atoms with van der Waals surface area (Å²) < 4.78 is 27.6. The Morgan fingerprint density at radius 2 is 1.96 bits per heavy atom. The molecule has 23 heavy (non-hydrogen) atoms. The van der Waals surface area contributed by atoms with Crippen LogP contribution in [0.2, 0.25) is 0 Å². The van der Waals surface area contributed by atoms with Crippen molar-refractivity contribution in [2.75, 3.05) is 26.2 Å². The van der Waals surface area contributed by atoms with E-state index < -0.39 is 9.84 Å². The van der Waals surface area contributed by atoms with Crippen LogP contribution in [0.4, 0.5) is 0 Å². The Balaban J connectivity index is 2.54. The number of sulfone groups is 1. The molecule has 0 saturated carbocycles. The predicted molar refractivity (Wildman–Crippen MR) is 94.3 cm³/mol. The lowest BCUT2D eigenvalue weighted by Crippen LogP contribution is -2.42. The Bertz CT molecular complexity index is 615. The number of benzene rings is 1. The number of ether oxygens (including phenoxy) is 1. The van der Waals surface area contributed by atoms with Gasteiger partial charge >= 0.3 is 0 Å². The van der Waals surface area contributed by atoms with E-state index in [1.54, 1.807) is 14.2 Å². The molecule has 1 unspecified atom stereocenters. The molecule has 1 aromatic rings. The van der Waals surface area contributed by atoms with Gasteiger partial charge in [-0.25, -0.2) is 8.42 Å². The molecule has 0 bridgehead atoms. The Morgan fingerprint density at radius 1 is 1.30 bits per heavy atom. The first-order chi connectivity index (χ1) is 10.9. The molecule has 1 rings (SSSR count). The van der Waals surface area contributed by atoms with Crippen LogP contribution in [-0.4, -0.2) is 46.6 Å². The zero-order valence-corrected chi connectivity index (χ0v) is 15.1. The normalized spacial score (nSPS) is 13.7. The molecule has 1 aromatic carbocycles. The van der Waals surface area contributed by atoms with E-state index in [1.165, 1.54) is 6.26 Å². The lowest BCUT2D eigenvalue weighted by Gasteiger charge is -2.18. The van der Waals surface area contributed by atoms with E-state index in [9.17, 15) is 8.42 Å². The van der Waals surface area contributed by atoms with Crippen molar-refractivity contribution in [3.63, 3.8) is 0 Å². The molecule has 0 spiro atoms. The minimum atomic E-state index is -2.94. The lowest BCUT2D eigenvalue weighted by atomic mass is 10.1. The smallest absolute Gasteiger partial charge is 0.191 e. The van der Waals surface area contributed by atoms with Gasteiger partial charge in [-0.1, -0.05) is 24.3 Å². The van der Waals surface area contributed by atoms with Crippen molar-refractivity contribution in [1.29, 1.82) is 0 Å². The summed E-state index contributed by atoms with van der Waals surface area (Å²) in [6, 6.07) is 8.07. The number of nitrogens with zero attached hydrogens (tertiary/aromatic N) is 1. The summed E-state index contributed by atoms with van der Waals surface area (Å²) in [6.45, 7) is 3.13. The number of nitrogens with one attached hydrogen (secondary N) is 2. The lowest BCUT2D eigenvalue weighted by molar-refractivity contribution is 0.184. The zero-order chi connectivity index (χ0) is 17.3. The largest absolute Gasteiger partial charge is 0.380 e. The standard InChI is InChI=1S/C16H27N3O3S/c1-13(9-10-23(4,20)21)19-16(17-2)18-11-14-7-5-6-8-15(14)12-22-3/h5-8,13H,9-12H2,1-4H3,(H2,17,18,19). The van der Waals surface area contributed by atoms with Crippen LogP contribution < -0.4 is 10.6 Å². The van der Waals surface area contributed by atoms with E-state index in [4.69, 9.17) is 4.74 Å². The molecule has 0 aliphatic heterocycles. The molecule has 0 aliphatic rings. The van der Waals surface area contributed by atoms with Gasteiger partial charge in [0.05, 0.1) is 12.4 Å². The highest BCUT2D eigenvalue weighted by Gasteiger charge is 2.10. The van der Waals surface area contributed by atoms with Gasteiger partial charge in [-0.05, 0) is 24.5 Å². The first kappa shape index (κ1) is 19.4. The van der Waals surface area contributed by atoms with Gasteiger partial charge in [0.15, 0.2) is 5.96 Å². The third-order valence-electron chi connectivity index (χ3n) is 3.39. The summed E-state index contributed by atoms with van der Waals surface area (Å²) >= 11 is 0. The van der Waals surface area contributed by atoms with E-state index in [2.05, 4.69) is 15.6 Å². The van der Waals surface area contributed by atoms with Gasteiger partial charge in [-0.15, -0.1) is 0 Å². The molecular formula is C16H27N3O3S. The molecule has 6 nitrogen and oxygen atoms in total. The van der Waals surface area contributed by atoms with Crippen LogP contribution >= 0.6 is 0 Å². The van der Waals surface area contributed by atoms with Crippen LogP contribution in [0.5, 0.6) is 0 Å². The first-order valence-corrected chi connectivity index (χ1v) is 9.62. The summed E-state index contributed by atoms with van der Waals surface area (Å²) in [5.74, 6) is 0.813. The number of hydrogen-bond acceptors (Lipinski definition) is 4. The zero-order valence-electron chi connectivity index (χ0n) is 14.3. The number of rotatable bonds is 8. The van der Waals surface area contributed by atoms with E-state index in [0.29, 0.717) is 25.5 Å². The van der Waals surface area contributed by atoms with E-state index in [-0.39, 0.29) is 11.8 Å². The van der Waals surface area contributed by atoms with Crippen molar-refractivity contribution in [2.24, 2.45) is 4.99 Å². The third kappa shape index (κ3) is 7.99. The molecule has 0 heterocycles. The molecular weight excluding hydrogens is 314 g/mol. The van der Waals surface area contributed by atoms with E-state index in [0.717, 1.165) is 11.1 Å². The molecule has 0 aromatic heterocycles. The first-order valence-electron chi connectivity index (χ1n) is 7.56. The van der Waals surface area contributed by atoms with Crippen LogP contribution in [0.1, 0.15) is 24.5 Å². The Morgan fingerprint density at radius 3 is 2.52 bits per heavy atom. The number of hydrogen-bond donors (Lipinski definition) is 2. The number of aliphatic imine (C=N–C) groups is 1. The molecule has 1 atom stereocenters. The Hall–Kier alpha value is -1.60. The van der Waals surface area contributed by atoms with Crippen molar-refractivity contribution >= 4 is 15.8 Å². The van der Waals surface area contributed by atoms with Crippen LogP contribution in [0.15, 0.2) is 29.3 Å². The average Bonchev–Trinajstić information content (AvgIpc) is 2.50. The quantitative estimate of drug-likeness (QED) is 0.551. The van der Waals surface area contributed by atoms with Crippen molar-refractivity contribution in [3.8, 4) is 0 Å². The number of guanidine groups is 1. The second kappa shape index (κ2) is 9.52. The van der Waals surface area contributed by atoms with E-state index in [1.807, 2.05) is 31.2 Å². The van der Waals surface area contributed by atoms with Crippen molar-refractivity contribution in [1.82, 2.24) is 10.6 Å². The average molecular weight is 341 g/mol. The maximum Gasteiger partial charge on any atom is 0.191 e. The minimum Gasteiger partial charge on any atom is -0.380 e. The van der Waals surface area contributed by atoms with Crippen molar-refractivity contribution < 1.29 is 13.2 Å². The fourth-order valence-corrected chi connectivity index (χ4v) is 2.88. The molecule has 0 radical (unpaired) electrons. The van der Waals surface area contributed by atoms with Crippen molar-refractivity contribution in [3.05, 3.63) is 35.4 Å². The van der Waals surface area contributed by atoms with Gasteiger partial charge in [0.2, 0.25) is 0 Å². The van der Waals surface area contributed by atoms with Gasteiger partial charge in [0.25, 0.3) is 0 Å². The van der Waals surface area contributed by atoms with Crippen LogP contribution in [0.25, 0.3) is 0 Å². The van der Waals surface area contributed by atoms with Gasteiger partial charge in [0.1, 0.15) is 9.84 Å². The summed E-state index contributed by atoms with van der Waals surface area (Å²) in [4.78, 5) is 4.18. The van der Waals surface area contributed by atoms with Crippen molar-refractivity contribution in [2.45, 2.75) is 32.5 Å². The molecule has 0 amide bonds. The second-order valence-corrected chi connectivity index (χ2v) is 7.85. The van der Waals surface area contributed by atoms with Crippen LogP contribution in [-0.2, 0) is 27.7 Å². The predicted octanol–water partition coefficient (Wildman–Crippen LogP) is 1.32. The summed E-state index contributed by atoms with van der Waals surface area (Å²) in [6.07, 6.45) is 1.79. The van der Waals surface area contributed by atoms with E-state index >= 15 is 0 Å². The highest BCUT2D eigenvalue weighted by atomic mass is 32.2. The summed E-state index contributed by atoms with van der Waals surface area (Å²) in [5.41, 5.74) is 2.27. The monoisotopic (exact) mass is 341 g/mol. The maximum absolute atomic E-state index is 11.2. The SMILES string of the molecule is CN=C(NCc1ccccc1COC)NC(C)CCS(C)(=O)=O. The maximum atomic E-state index is 11.2. The van der Waals surface area contributed by atoms with Gasteiger partial charge in [-0.2, -0.15) is 0 Å². The van der Waals surface area contributed by atoms with Crippen LogP contribution in [0, 0.1) is 0 Å². The highest BCUT2D eigenvalue weighted by Crippen LogP contribution is 2.09. The molecule has 0 fully saturated rings. The Kier molecular flexibility index (Phi) is 8.05. The summed E-state index contributed by atoms with van der Waals surface area (Å²) in [5, 5.41) is 6.45.